The second-order valence-electron chi connectivity index (χ2n) is 3.94. The lowest BCUT2D eigenvalue weighted by atomic mass is 10.1. The van der Waals surface area contributed by atoms with Gasteiger partial charge in [0.2, 0.25) is 0 Å². The molecule has 0 bridgehead atoms. The van der Waals surface area contributed by atoms with Gasteiger partial charge in [-0.25, -0.2) is 0 Å². The molecule has 1 rings (SSSR count). The van der Waals surface area contributed by atoms with E-state index in [9.17, 15) is 9.59 Å². The number of hydrogen-bond donors (Lipinski definition) is 3. The third kappa shape index (κ3) is 5.69. The molecule has 0 aliphatic rings. The van der Waals surface area contributed by atoms with Gasteiger partial charge in [0.05, 0.1) is 0 Å². The summed E-state index contributed by atoms with van der Waals surface area (Å²) in [6.07, 6.45) is 2.05. The number of amides is 1. The summed E-state index contributed by atoms with van der Waals surface area (Å²) in [7, 11) is 0. The van der Waals surface area contributed by atoms with Crippen molar-refractivity contribution < 1.29 is 14.7 Å². The zero-order chi connectivity index (χ0) is 14.8. The van der Waals surface area contributed by atoms with Crippen molar-refractivity contribution in [2.45, 2.75) is 6.42 Å². The number of nitriles is 1. The number of benzene rings is 1. The molecule has 3 N–H and O–H groups in total. The SMILES string of the molecule is N#C/C(=C/NCCc1ccccc1)C(=O)NCC(=O)O. The van der Waals surface area contributed by atoms with E-state index >= 15 is 0 Å². The third-order valence-electron chi connectivity index (χ3n) is 2.41. The summed E-state index contributed by atoms with van der Waals surface area (Å²) < 4.78 is 0. The second-order valence-corrected chi connectivity index (χ2v) is 3.94. The highest BCUT2D eigenvalue weighted by molar-refractivity contribution is 5.98. The molecule has 0 atom stereocenters. The van der Waals surface area contributed by atoms with Crippen molar-refractivity contribution in [3.8, 4) is 6.07 Å². The number of carboxylic acids is 1. The van der Waals surface area contributed by atoms with Crippen molar-refractivity contribution in [2.24, 2.45) is 0 Å². The average molecular weight is 273 g/mol. The molecule has 6 nitrogen and oxygen atoms in total. The van der Waals surface area contributed by atoms with Crippen LogP contribution in [0.4, 0.5) is 0 Å². The van der Waals surface area contributed by atoms with E-state index in [0.29, 0.717) is 6.54 Å². The first kappa shape index (κ1) is 15.2. The zero-order valence-electron chi connectivity index (χ0n) is 10.8. The minimum absolute atomic E-state index is 0.153. The fourth-order valence-corrected chi connectivity index (χ4v) is 1.44. The zero-order valence-corrected chi connectivity index (χ0v) is 10.8. The van der Waals surface area contributed by atoms with Crippen LogP contribution in [0.1, 0.15) is 5.56 Å². The van der Waals surface area contributed by atoms with E-state index in [-0.39, 0.29) is 5.57 Å². The molecule has 0 saturated heterocycles. The normalized spacial score (nSPS) is 10.4. The van der Waals surface area contributed by atoms with E-state index in [1.807, 2.05) is 30.3 Å². The molecular formula is C14H15N3O3. The highest BCUT2D eigenvalue weighted by Crippen LogP contribution is 1.98. The van der Waals surface area contributed by atoms with Crippen molar-refractivity contribution >= 4 is 11.9 Å². The van der Waals surface area contributed by atoms with Gasteiger partial charge in [0.15, 0.2) is 0 Å². The van der Waals surface area contributed by atoms with Crippen molar-refractivity contribution in [2.75, 3.05) is 13.1 Å². The molecule has 1 aromatic rings. The first-order chi connectivity index (χ1) is 9.63. The lowest BCUT2D eigenvalue weighted by molar-refractivity contribution is -0.137. The molecule has 20 heavy (non-hydrogen) atoms. The molecule has 6 heteroatoms. The smallest absolute Gasteiger partial charge is 0.322 e. The molecule has 0 aliphatic carbocycles. The van der Waals surface area contributed by atoms with Gasteiger partial charge in [-0.2, -0.15) is 5.26 Å². The molecule has 0 aromatic heterocycles. The van der Waals surface area contributed by atoms with Gasteiger partial charge in [-0.1, -0.05) is 30.3 Å². The second kappa shape index (κ2) is 8.32. The Labute approximate surface area is 116 Å². The summed E-state index contributed by atoms with van der Waals surface area (Å²) >= 11 is 0. The van der Waals surface area contributed by atoms with Crippen LogP contribution < -0.4 is 10.6 Å². The van der Waals surface area contributed by atoms with Gasteiger partial charge in [0, 0.05) is 12.7 Å². The summed E-state index contributed by atoms with van der Waals surface area (Å²) in [6.45, 7) is 0.0588. The predicted molar refractivity (Wildman–Crippen MR) is 72.5 cm³/mol. The lowest BCUT2D eigenvalue weighted by Gasteiger charge is -2.03. The van der Waals surface area contributed by atoms with Crippen LogP contribution in [0.15, 0.2) is 42.1 Å². The number of carbonyl (C=O) groups is 2. The van der Waals surface area contributed by atoms with Crippen LogP contribution >= 0.6 is 0 Å². The van der Waals surface area contributed by atoms with Crippen LogP contribution in [0.25, 0.3) is 0 Å². The minimum Gasteiger partial charge on any atom is -0.480 e. The van der Waals surface area contributed by atoms with Crippen LogP contribution in [0.3, 0.4) is 0 Å². The fourth-order valence-electron chi connectivity index (χ4n) is 1.44. The van der Waals surface area contributed by atoms with Crippen LogP contribution in [0.2, 0.25) is 0 Å². The highest BCUT2D eigenvalue weighted by Gasteiger charge is 2.09. The maximum Gasteiger partial charge on any atom is 0.322 e. The molecule has 1 aromatic carbocycles. The molecule has 0 aliphatic heterocycles. The molecule has 0 saturated carbocycles. The van der Waals surface area contributed by atoms with Gasteiger partial charge in [0.25, 0.3) is 5.91 Å². The summed E-state index contributed by atoms with van der Waals surface area (Å²) in [4.78, 5) is 21.7. The van der Waals surface area contributed by atoms with E-state index in [1.54, 1.807) is 6.07 Å². The van der Waals surface area contributed by atoms with Gasteiger partial charge in [-0.15, -0.1) is 0 Å². The number of hydrogen-bond acceptors (Lipinski definition) is 4. The Balaban J connectivity index is 2.40. The molecule has 0 spiro atoms. The Morgan fingerprint density at radius 3 is 2.60 bits per heavy atom. The Bertz CT molecular complexity index is 532. The Kier molecular flexibility index (Phi) is 6.34. The highest BCUT2D eigenvalue weighted by atomic mass is 16.4. The van der Waals surface area contributed by atoms with E-state index < -0.39 is 18.4 Å². The molecule has 0 unspecified atom stereocenters. The molecule has 0 heterocycles. The van der Waals surface area contributed by atoms with Crippen LogP contribution in [0.5, 0.6) is 0 Å². The van der Waals surface area contributed by atoms with E-state index in [0.717, 1.165) is 12.0 Å². The number of carbonyl (C=O) groups excluding carboxylic acids is 1. The summed E-state index contributed by atoms with van der Waals surface area (Å²) in [5.41, 5.74) is 0.988. The monoisotopic (exact) mass is 273 g/mol. The number of nitrogens with one attached hydrogen (secondary N) is 2. The Morgan fingerprint density at radius 2 is 2.00 bits per heavy atom. The van der Waals surface area contributed by atoms with E-state index in [1.165, 1.54) is 6.20 Å². The van der Waals surface area contributed by atoms with Crippen LogP contribution in [-0.4, -0.2) is 30.1 Å². The van der Waals surface area contributed by atoms with Crippen molar-refractivity contribution in [1.82, 2.24) is 10.6 Å². The maximum atomic E-state index is 11.4. The van der Waals surface area contributed by atoms with Crippen molar-refractivity contribution in [1.29, 1.82) is 5.26 Å². The summed E-state index contributed by atoms with van der Waals surface area (Å²) in [6, 6.07) is 11.5. The first-order valence-electron chi connectivity index (χ1n) is 6.01. The average Bonchev–Trinajstić information content (AvgIpc) is 2.46. The quantitative estimate of drug-likeness (QED) is 0.380. The third-order valence-corrected chi connectivity index (χ3v) is 2.41. The largest absolute Gasteiger partial charge is 0.480 e. The molecule has 0 radical (unpaired) electrons. The Morgan fingerprint density at radius 1 is 1.30 bits per heavy atom. The van der Waals surface area contributed by atoms with Gasteiger partial charge in [-0.3, -0.25) is 9.59 Å². The maximum absolute atomic E-state index is 11.4. The standard InChI is InChI=1S/C14H15N3O3/c15-8-12(14(20)17-10-13(18)19)9-16-7-6-11-4-2-1-3-5-11/h1-5,9,16H,6-7,10H2,(H,17,20)(H,18,19)/b12-9-. The topological polar surface area (TPSA) is 102 Å². The number of aliphatic carboxylic acids is 1. The van der Waals surface area contributed by atoms with Crippen LogP contribution in [0, 0.1) is 11.3 Å². The van der Waals surface area contributed by atoms with Gasteiger partial charge in [-0.05, 0) is 12.0 Å². The van der Waals surface area contributed by atoms with Crippen molar-refractivity contribution in [3.63, 3.8) is 0 Å². The lowest BCUT2D eigenvalue weighted by Crippen LogP contribution is -2.30. The minimum atomic E-state index is -1.16. The van der Waals surface area contributed by atoms with Gasteiger partial charge < -0.3 is 15.7 Å². The van der Waals surface area contributed by atoms with Crippen molar-refractivity contribution in [3.05, 3.63) is 47.7 Å². The van der Waals surface area contributed by atoms with Gasteiger partial charge >= 0.3 is 5.97 Å². The number of nitrogens with zero attached hydrogens (tertiary/aromatic N) is 1. The number of rotatable bonds is 7. The van der Waals surface area contributed by atoms with Gasteiger partial charge in [0.1, 0.15) is 18.2 Å². The molecular weight excluding hydrogens is 258 g/mol. The summed E-state index contributed by atoms with van der Waals surface area (Å²) in [5, 5.41) is 22.2. The van der Waals surface area contributed by atoms with E-state index in [2.05, 4.69) is 10.6 Å². The first-order valence-corrected chi connectivity index (χ1v) is 6.01. The van der Waals surface area contributed by atoms with Crippen LogP contribution in [-0.2, 0) is 16.0 Å². The Hall–Kier alpha value is -2.81. The number of carboxylic acid groups (broad SMARTS) is 1. The molecule has 0 fully saturated rings. The predicted octanol–water partition coefficient (Wildman–Crippen LogP) is 0.427. The van der Waals surface area contributed by atoms with E-state index in [4.69, 9.17) is 10.4 Å². The fraction of sp³-hybridized carbons (Fsp3) is 0.214. The molecule has 1 amide bonds. The summed E-state index contributed by atoms with van der Waals surface area (Å²) in [5.74, 6) is -1.87. The molecule has 104 valence electrons.